The predicted molar refractivity (Wildman–Crippen MR) is 135 cm³/mol. The molecule has 0 aliphatic heterocycles. The van der Waals surface area contributed by atoms with Crippen molar-refractivity contribution in [2.24, 2.45) is 0 Å². The number of rotatable bonds is 8. The molecule has 0 saturated carbocycles. The molecule has 182 valence electrons. The number of nitrogens with zero attached hydrogens (tertiary/aromatic N) is 4. The molecule has 4 aromatic rings. The second kappa shape index (κ2) is 11.0. The standard InChI is InChI=1S/C26H22ClFN6O2/c1-15(31-25-24(20(27)12-14-30-25)33-22(35)7-4-13-29)17-8-10-18(11-9-17)19-5-3-6-21(28)23(19)26-32-16(2)34-36-26/h3,5-6,8-12,14-15H,4,7H2,1-2H3,(H,30,31)(H,33,35). The number of halogens is 2. The van der Waals surface area contributed by atoms with Crippen LogP contribution in [-0.4, -0.2) is 21.0 Å². The summed E-state index contributed by atoms with van der Waals surface area (Å²) in [4.78, 5) is 20.6. The van der Waals surface area contributed by atoms with E-state index in [0.717, 1.165) is 11.1 Å². The Kier molecular flexibility index (Phi) is 7.56. The molecule has 4 rings (SSSR count). The van der Waals surface area contributed by atoms with Crippen LogP contribution in [-0.2, 0) is 4.79 Å². The molecule has 2 N–H and O–H groups in total. The van der Waals surface area contributed by atoms with Crippen LogP contribution in [0.2, 0.25) is 5.02 Å². The van der Waals surface area contributed by atoms with Crippen molar-refractivity contribution in [1.29, 1.82) is 5.26 Å². The number of carbonyl (C=O) groups is 1. The molecule has 0 aliphatic rings. The minimum Gasteiger partial charge on any atom is -0.362 e. The Hall–Kier alpha value is -4.29. The van der Waals surface area contributed by atoms with E-state index >= 15 is 0 Å². The number of nitrogens with one attached hydrogen (secondary N) is 2. The number of anilines is 2. The number of nitriles is 1. The largest absolute Gasteiger partial charge is 0.362 e. The Bertz CT molecular complexity index is 1430. The van der Waals surface area contributed by atoms with E-state index in [4.69, 9.17) is 21.4 Å². The van der Waals surface area contributed by atoms with Gasteiger partial charge < -0.3 is 15.2 Å². The molecule has 36 heavy (non-hydrogen) atoms. The SMILES string of the molecule is Cc1noc(-c2c(F)cccc2-c2ccc(C(C)Nc3nccc(Cl)c3NC(=O)CCC#N)cc2)n1. The van der Waals surface area contributed by atoms with Crippen LogP contribution >= 0.6 is 11.6 Å². The number of amides is 1. The number of aromatic nitrogens is 3. The van der Waals surface area contributed by atoms with Gasteiger partial charge in [-0.15, -0.1) is 0 Å². The summed E-state index contributed by atoms with van der Waals surface area (Å²) in [7, 11) is 0. The number of carbonyl (C=O) groups excluding carboxylic acids is 1. The summed E-state index contributed by atoms with van der Waals surface area (Å²) in [6, 6.07) is 15.7. The minimum absolute atomic E-state index is 0.0589. The van der Waals surface area contributed by atoms with Crippen molar-refractivity contribution in [3.05, 3.63) is 77.0 Å². The number of benzene rings is 2. The van der Waals surface area contributed by atoms with Crippen LogP contribution in [0.1, 0.15) is 37.2 Å². The Morgan fingerprint density at radius 2 is 2.00 bits per heavy atom. The van der Waals surface area contributed by atoms with Gasteiger partial charge in [0.15, 0.2) is 11.6 Å². The summed E-state index contributed by atoms with van der Waals surface area (Å²) < 4.78 is 19.9. The van der Waals surface area contributed by atoms with E-state index in [0.29, 0.717) is 27.9 Å². The Morgan fingerprint density at radius 3 is 2.69 bits per heavy atom. The normalized spacial score (nSPS) is 11.5. The number of hydrogen-bond donors (Lipinski definition) is 2. The van der Waals surface area contributed by atoms with Crippen LogP contribution in [0.4, 0.5) is 15.9 Å². The van der Waals surface area contributed by atoms with Crippen LogP contribution in [0.3, 0.4) is 0 Å². The molecule has 0 fully saturated rings. The highest BCUT2D eigenvalue weighted by Gasteiger charge is 2.19. The van der Waals surface area contributed by atoms with Crippen LogP contribution in [0.15, 0.2) is 59.3 Å². The maximum Gasteiger partial charge on any atom is 0.261 e. The Morgan fingerprint density at radius 1 is 1.22 bits per heavy atom. The van der Waals surface area contributed by atoms with Crippen LogP contribution < -0.4 is 10.6 Å². The van der Waals surface area contributed by atoms with Gasteiger partial charge in [0.1, 0.15) is 11.5 Å². The molecular weight excluding hydrogens is 483 g/mol. The fourth-order valence-corrected chi connectivity index (χ4v) is 3.85. The molecule has 8 nitrogen and oxygen atoms in total. The molecule has 1 atom stereocenters. The van der Waals surface area contributed by atoms with E-state index in [2.05, 4.69) is 25.8 Å². The van der Waals surface area contributed by atoms with E-state index in [1.807, 2.05) is 37.3 Å². The lowest BCUT2D eigenvalue weighted by atomic mass is 9.97. The minimum atomic E-state index is -0.452. The summed E-state index contributed by atoms with van der Waals surface area (Å²) >= 11 is 6.30. The lowest BCUT2D eigenvalue weighted by molar-refractivity contribution is -0.116. The molecule has 0 radical (unpaired) electrons. The van der Waals surface area contributed by atoms with Crippen LogP contribution in [0.25, 0.3) is 22.6 Å². The smallest absolute Gasteiger partial charge is 0.261 e. The third-order valence-electron chi connectivity index (χ3n) is 5.46. The molecule has 2 heterocycles. The fourth-order valence-electron chi connectivity index (χ4n) is 3.66. The first-order valence-corrected chi connectivity index (χ1v) is 11.5. The first-order chi connectivity index (χ1) is 17.4. The highest BCUT2D eigenvalue weighted by molar-refractivity contribution is 6.34. The third kappa shape index (κ3) is 5.50. The molecule has 2 aromatic carbocycles. The van der Waals surface area contributed by atoms with Crippen molar-refractivity contribution in [2.75, 3.05) is 10.6 Å². The quantitative estimate of drug-likeness (QED) is 0.288. The molecule has 10 heteroatoms. The Labute approximate surface area is 212 Å². The molecule has 2 aromatic heterocycles. The molecule has 0 spiro atoms. The maximum absolute atomic E-state index is 14.7. The highest BCUT2D eigenvalue weighted by atomic mass is 35.5. The lowest BCUT2D eigenvalue weighted by Gasteiger charge is -2.19. The van der Waals surface area contributed by atoms with Crippen molar-refractivity contribution < 1.29 is 13.7 Å². The predicted octanol–water partition coefficient (Wildman–Crippen LogP) is 6.31. The average Bonchev–Trinajstić information content (AvgIpc) is 3.30. The molecule has 0 aliphatic carbocycles. The van der Waals surface area contributed by atoms with Gasteiger partial charge in [-0.05, 0) is 42.7 Å². The van der Waals surface area contributed by atoms with Crippen molar-refractivity contribution in [2.45, 2.75) is 32.7 Å². The second-order valence-electron chi connectivity index (χ2n) is 8.02. The topological polar surface area (TPSA) is 117 Å². The zero-order valence-electron chi connectivity index (χ0n) is 19.5. The van der Waals surface area contributed by atoms with Gasteiger partial charge in [0, 0.05) is 19.0 Å². The number of aryl methyl sites for hydroxylation is 1. The molecule has 1 amide bonds. The molecule has 1 unspecified atom stereocenters. The first kappa shape index (κ1) is 24.8. The summed E-state index contributed by atoms with van der Waals surface area (Å²) in [5, 5.41) is 18.8. The first-order valence-electron chi connectivity index (χ1n) is 11.1. The summed E-state index contributed by atoms with van der Waals surface area (Å²) in [6.07, 6.45) is 1.70. The van der Waals surface area contributed by atoms with E-state index < -0.39 is 5.82 Å². The monoisotopic (exact) mass is 504 g/mol. The summed E-state index contributed by atoms with van der Waals surface area (Å²) in [6.45, 7) is 3.61. The van der Waals surface area contributed by atoms with Gasteiger partial charge in [-0.1, -0.05) is 53.2 Å². The number of pyridine rings is 1. The van der Waals surface area contributed by atoms with Gasteiger partial charge in [-0.3, -0.25) is 4.79 Å². The van der Waals surface area contributed by atoms with Crippen LogP contribution in [0, 0.1) is 24.1 Å². The second-order valence-corrected chi connectivity index (χ2v) is 8.43. The van der Waals surface area contributed by atoms with Crippen LogP contribution in [0.5, 0.6) is 0 Å². The lowest BCUT2D eigenvalue weighted by Crippen LogP contribution is -2.15. The van der Waals surface area contributed by atoms with E-state index in [1.165, 1.54) is 12.3 Å². The third-order valence-corrected chi connectivity index (χ3v) is 5.77. The van der Waals surface area contributed by atoms with Crippen molar-refractivity contribution in [3.8, 4) is 28.7 Å². The zero-order chi connectivity index (χ0) is 25.7. The van der Waals surface area contributed by atoms with E-state index in [1.54, 1.807) is 25.1 Å². The summed E-state index contributed by atoms with van der Waals surface area (Å²) in [5.74, 6) is 0.171. The summed E-state index contributed by atoms with van der Waals surface area (Å²) in [5.41, 5.74) is 2.93. The Balaban J connectivity index is 1.56. The number of hydrogen-bond acceptors (Lipinski definition) is 7. The van der Waals surface area contributed by atoms with Gasteiger partial charge in [0.05, 0.1) is 22.7 Å². The van der Waals surface area contributed by atoms with E-state index in [9.17, 15) is 9.18 Å². The zero-order valence-corrected chi connectivity index (χ0v) is 20.3. The van der Waals surface area contributed by atoms with Gasteiger partial charge in [-0.2, -0.15) is 10.2 Å². The van der Waals surface area contributed by atoms with Gasteiger partial charge >= 0.3 is 0 Å². The van der Waals surface area contributed by atoms with Crippen molar-refractivity contribution >= 4 is 29.0 Å². The highest BCUT2D eigenvalue weighted by Crippen LogP contribution is 2.35. The van der Waals surface area contributed by atoms with Gasteiger partial charge in [0.2, 0.25) is 5.91 Å². The maximum atomic E-state index is 14.7. The van der Waals surface area contributed by atoms with Gasteiger partial charge in [0.25, 0.3) is 5.89 Å². The van der Waals surface area contributed by atoms with Crippen molar-refractivity contribution in [1.82, 2.24) is 15.1 Å². The van der Waals surface area contributed by atoms with E-state index in [-0.39, 0.29) is 36.2 Å². The molecular formula is C26H22ClFN6O2. The average molecular weight is 505 g/mol. The van der Waals surface area contributed by atoms with Gasteiger partial charge in [-0.25, -0.2) is 9.37 Å². The molecule has 0 saturated heterocycles. The fraction of sp³-hybridized carbons (Fsp3) is 0.192. The molecule has 0 bridgehead atoms. The van der Waals surface area contributed by atoms with Crippen molar-refractivity contribution in [3.63, 3.8) is 0 Å².